The first-order valence-electron chi connectivity index (χ1n) is 2.52. The van der Waals surface area contributed by atoms with Crippen molar-refractivity contribution in [2.45, 2.75) is 13.8 Å². The second-order valence-electron chi connectivity index (χ2n) is 1.11. The van der Waals surface area contributed by atoms with Crippen molar-refractivity contribution in [3.05, 3.63) is 12.4 Å². The highest BCUT2D eigenvalue weighted by Crippen LogP contribution is 1.72. The van der Waals surface area contributed by atoms with Crippen molar-refractivity contribution < 1.29 is 0 Å². The molecule has 0 rings (SSSR count). The first-order valence-corrected chi connectivity index (χ1v) is 2.52. The molecule has 2 nitrogen and oxygen atoms in total. The molecule has 0 saturated carbocycles. The zero-order valence-corrected chi connectivity index (χ0v) is 5.20. The van der Waals surface area contributed by atoms with E-state index in [1.54, 1.807) is 24.8 Å². The van der Waals surface area contributed by atoms with E-state index < -0.39 is 0 Å². The number of hydrogen-bond donors (Lipinski definition) is 0. The van der Waals surface area contributed by atoms with Crippen molar-refractivity contribution in [3.8, 4) is 0 Å². The summed E-state index contributed by atoms with van der Waals surface area (Å²) in [6.07, 6.45) is 6.70. The molecule has 2 heteroatoms. The maximum atomic E-state index is 3.79. The normalized spacial score (nSPS) is 12.8. The van der Waals surface area contributed by atoms with Gasteiger partial charge in [-0.25, -0.2) is 0 Å². The highest BCUT2D eigenvalue weighted by molar-refractivity contribution is 5.55. The van der Waals surface area contributed by atoms with E-state index in [-0.39, 0.29) is 0 Å². The molecule has 0 aromatic carbocycles. The van der Waals surface area contributed by atoms with Gasteiger partial charge in [0.15, 0.2) is 0 Å². The molecule has 44 valence electrons. The lowest BCUT2D eigenvalue weighted by Gasteiger charge is -1.69. The van der Waals surface area contributed by atoms with Crippen molar-refractivity contribution in [1.82, 2.24) is 0 Å². The van der Waals surface area contributed by atoms with Gasteiger partial charge in [-0.1, -0.05) is 0 Å². The van der Waals surface area contributed by atoms with E-state index in [1.165, 1.54) is 0 Å². The molecule has 0 bridgehead atoms. The molecule has 0 unspecified atom stereocenters. The Morgan fingerprint density at radius 2 is 1.25 bits per heavy atom. The van der Waals surface area contributed by atoms with Crippen molar-refractivity contribution in [2.24, 2.45) is 9.98 Å². The van der Waals surface area contributed by atoms with Crippen LogP contribution in [-0.4, -0.2) is 12.4 Å². The third-order valence-corrected chi connectivity index (χ3v) is 0.537. The SMILES string of the molecule is CC=N/C=C/N=CC. The van der Waals surface area contributed by atoms with E-state index in [0.29, 0.717) is 0 Å². The monoisotopic (exact) mass is 110 g/mol. The Kier molecular flexibility index (Phi) is 5.38. The Labute approximate surface area is 49.7 Å². The largest absolute Gasteiger partial charge is 0.268 e. The summed E-state index contributed by atoms with van der Waals surface area (Å²) in [5.41, 5.74) is 0. The molecule has 0 amide bonds. The van der Waals surface area contributed by atoms with Crippen LogP contribution >= 0.6 is 0 Å². The quantitative estimate of drug-likeness (QED) is 0.483. The van der Waals surface area contributed by atoms with Crippen molar-refractivity contribution >= 4 is 12.4 Å². The highest BCUT2D eigenvalue weighted by atomic mass is 14.7. The van der Waals surface area contributed by atoms with Gasteiger partial charge in [0.05, 0.1) is 0 Å². The molecule has 0 aliphatic heterocycles. The van der Waals surface area contributed by atoms with Gasteiger partial charge < -0.3 is 0 Å². The summed E-state index contributed by atoms with van der Waals surface area (Å²) in [5.74, 6) is 0. The zero-order chi connectivity index (χ0) is 6.24. The summed E-state index contributed by atoms with van der Waals surface area (Å²) >= 11 is 0. The Hall–Kier alpha value is -0.920. The van der Waals surface area contributed by atoms with E-state index >= 15 is 0 Å². The minimum atomic E-state index is 1.64. The average molecular weight is 110 g/mol. The van der Waals surface area contributed by atoms with E-state index in [0.717, 1.165) is 0 Å². The van der Waals surface area contributed by atoms with Gasteiger partial charge >= 0.3 is 0 Å². The minimum absolute atomic E-state index is 1.64. The molecule has 0 heterocycles. The number of rotatable bonds is 2. The lowest BCUT2D eigenvalue weighted by atomic mass is 10.8. The third-order valence-electron chi connectivity index (χ3n) is 0.537. The van der Waals surface area contributed by atoms with Crippen LogP contribution in [0, 0.1) is 0 Å². The Balaban J connectivity index is 3.35. The summed E-state index contributed by atoms with van der Waals surface area (Å²) < 4.78 is 0. The predicted molar refractivity (Wildman–Crippen MR) is 37.5 cm³/mol. The fourth-order valence-corrected chi connectivity index (χ4v) is 0.249. The van der Waals surface area contributed by atoms with E-state index in [9.17, 15) is 0 Å². The van der Waals surface area contributed by atoms with Crippen molar-refractivity contribution in [1.29, 1.82) is 0 Å². The maximum absolute atomic E-state index is 3.79. The van der Waals surface area contributed by atoms with Gasteiger partial charge in [-0.15, -0.1) is 0 Å². The smallest absolute Gasteiger partial charge is 0.0446 e. The summed E-state index contributed by atoms with van der Waals surface area (Å²) in [4.78, 5) is 7.58. The molecular formula is C6H10N2. The zero-order valence-electron chi connectivity index (χ0n) is 5.20. The Morgan fingerprint density at radius 3 is 1.50 bits per heavy atom. The van der Waals surface area contributed by atoms with Gasteiger partial charge in [0.1, 0.15) is 0 Å². The lowest BCUT2D eigenvalue weighted by Crippen LogP contribution is -1.55. The first-order chi connectivity index (χ1) is 3.91. The van der Waals surface area contributed by atoms with Gasteiger partial charge in [0.25, 0.3) is 0 Å². The average Bonchev–Trinajstić information content (AvgIpc) is 1.81. The van der Waals surface area contributed by atoms with Crippen LogP contribution in [0.3, 0.4) is 0 Å². The standard InChI is InChI=1S/C6H10N2/c1-3-7-5-6-8-4-2/h3-6H,1-2H3/b6-5+,7-3?,8-4?. The molecule has 0 atom stereocenters. The van der Waals surface area contributed by atoms with Crippen LogP contribution in [0.1, 0.15) is 13.8 Å². The fourth-order valence-electron chi connectivity index (χ4n) is 0.249. The molecule has 0 saturated heterocycles. The van der Waals surface area contributed by atoms with Gasteiger partial charge in [0, 0.05) is 24.8 Å². The van der Waals surface area contributed by atoms with E-state index in [2.05, 4.69) is 9.98 Å². The van der Waals surface area contributed by atoms with Crippen LogP contribution in [-0.2, 0) is 0 Å². The van der Waals surface area contributed by atoms with Gasteiger partial charge in [0.2, 0.25) is 0 Å². The first kappa shape index (κ1) is 7.08. The molecule has 0 radical (unpaired) electrons. The molecule has 0 aliphatic carbocycles. The second-order valence-corrected chi connectivity index (χ2v) is 1.11. The van der Waals surface area contributed by atoms with Crippen LogP contribution in [0.15, 0.2) is 22.4 Å². The second kappa shape index (κ2) is 6.08. The molecule has 0 spiro atoms. The summed E-state index contributed by atoms with van der Waals surface area (Å²) in [7, 11) is 0. The van der Waals surface area contributed by atoms with Crippen LogP contribution in [0.5, 0.6) is 0 Å². The summed E-state index contributed by atoms with van der Waals surface area (Å²) in [5, 5.41) is 0. The van der Waals surface area contributed by atoms with Gasteiger partial charge in [-0.2, -0.15) is 0 Å². The van der Waals surface area contributed by atoms with Gasteiger partial charge in [-0.05, 0) is 13.8 Å². The van der Waals surface area contributed by atoms with E-state index in [1.807, 2.05) is 13.8 Å². The van der Waals surface area contributed by atoms with Crippen molar-refractivity contribution in [3.63, 3.8) is 0 Å². The minimum Gasteiger partial charge on any atom is -0.268 e. The molecule has 0 aromatic heterocycles. The van der Waals surface area contributed by atoms with Crippen LogP contribution in [0.2, 0.25) is 0 Å². The summed E-state index contributed by atoms with van der Waals surface area (Å²) in [6, 6.07) is 0. The van der Waals surface area contributed by atoms with Crippen LogP contribution < -0.4 is 0 Å². The predicted octanol–water partition coefficient (Wildman–Crippen LogP) is 1.64. The number of aliphatic imine (C=N–C) groups is 2. The topological polar surface area (TPSA) is 24.7 Å². The number of nitrogens with zero attached hydrogens (tertiary/aromatic N) is 2. The maximum Gasteiger partial charge on any atom is 0.0446 e. The Bertz CT molecular complexity index is 97.7. The fraction of sp³-hybridized carbons (Fsp3) is 0.333. The molecular weight excluding hydrogens is 100 g/mol. The molecule has 0 aromatic rings. The van der Waals surface area contributed by atoms with Crippen LogP contribution in [0.25, 0.3) is 0 Å². The summed E-state index contributed by atoms with van der Waals surface area (Å²) in [6.45, 7) is 3.72. The highest BCUT2D eigenvalue weighted by Gasteiger charge is 1.55. The Morgan fingerprint density at radius 1 is 0.875 bits per heavy atom. The lowest BCUT2D eigenvalue weighted by molar-refractivity contribution is 1.48. The molecule has 0 N–H and O–H groups in total. The van der Waals surface area contributed by atoms with Crippen LogP contribution in [0.4, 0.5) is 0 Å². The molecule has 8 heavy (non-hydrogen) atoms. The number of hydrogen-bond acceptors (Lipinski definition) is 2. The third kappa shape index (κ3) is 5.08. The molecule has 0 aliphatic rings. The molecule has 0 fully saturated rings. The van der Waals surface area contributed by atoms with Gasteiger partial charge in [-0.3, -0.25) is 9.98 Å². The van der Waals surface area contributed by atoms with Crippen molar-refractivity contribution in [2.75, 3.05) is 0 Å². The van der Waals surface area contributed by atoms with E-state index in [4.69, 9.17) is 0 Å².